The number of hydrogen-bond donors (Lipinski definition) is 2. The summed E-state index contributed by atoms with van der Waals surface area (Å²) in [5.41, 5.74) is 7.47. The van der Waals surface area contributed by atoms with Gasteiger partial charge in [0.05, 0.1) is 17.9 Å². The zero-order valence-electron chi connectivity index (χ0n) is 18.0. The van der Waals surface area contributed by atoms with Crippen LogP contribution in [-0.2, 0) is 23.0 Å². The summed E-state index contributed by atoms with van der Waals surface area (Å²) in [6.45, 7) is 2.21. The van der Waals surface area contributed by atoms with Gasteiger partial charge in [-0.15, -0.1) is 0 Å². The molecule has 0 radical (unpaired) electrons. The van der Waals surface area contributed by atoms with Gasteiger partial charge in [0.15, 0.2) is 0 Å². The van der Waals surface area contributed by atoms with Crippen molar-refractivity contribution in [1.82, 2.24) is 14.5 Å². The minimum atomic E-state index is -4.35. The molecule has 6 rings (SSSR count). The van der Waals surface area contributed by atoms with E-state index in [2.05, 4.69) is 41.2 Å². The van der Waals surface area contributed by atoms with Crippen LogP contribution in [0.2, 0.25) is 0 Å². The molecule has 2 heterocycles. The van der Waals surface area contributed by atoms with Crippen LogP contribution >= 0.6 is 0 Å². The number of fused-ring (bicyclic) bond motifs is 6. The van der Waals surface area contributed by atoms with Gasteiger partial charge in [-0.25, -0.2) is 0 Å². The Hall–Kier alpha value is -3.23. The zero-order chi connectivity index (χ0) is 22.9. The van der Waals surface area contributed by atoms with Crippen molar-refractivity contribution < 1.29 is 13.0 Å². The van der Waals surface area contributed by atoms with Gasteiger partial charge < -0.3 is 9.55 Å². The first-order chi connectivity index (χ1) is 15.8. The van der Waals surface area contributed by atoms with Gasteiger partial charge in [0.2, 0.25) is 0 Å². The first-order valence-electron chi connectivity index (χ1n) is 11.1. The van der Waals surface area contributed by atoms with Crippen LogP contribution in [0.1, 0.15) is 47.6 Å². The highest BCUT2D eigenvalue weighted by Crippen LogP contribution is 2.47. The lowest BCUT2D eigenvalue weighted by atomic mass is 9.73. The molecule has 0 saturated carbocycles. The second kappa shape index (κ2) is 7.13. The highest BCUT2D eigenvalue weighted by Gasteiger charge is 2.41. The number of aromatic amines is 1. The summed E-state index contributed by atoms with van der Waals surface area (Å²) < 4.78 is 36.9. The molecule has 0 fully saturated rings. The SMILES string of the molecule is CC1Cc2ccccc2-c2ccc3c(c21)CCC(S(=O)(=O)O)C3n1cnc(=O)c2[nH]ccc21. The molecule has 0 aliphatic heterocycles. The van der Waals surface area contributed by atoms with E-state index in [0.29, 0.717) is 23.9 Å². The van der Waals surface area contributed by atoms with Gasteiger partial charge in [-0.05, 0) is 64.6 Å². The first-order valence-corrected chi connectivity index (χ1v) is 12.6. The van der Waals surface area contributed by atoms with Crippen LogP contribution in [0, 0.1) is 0 Å². The van der Waals surface area contributed by atoms with Gasteiger partial charge in [0, 0.05) is 6.20 Å². The third-order valence-corrected chi connectivity index (χ3v) is 8.53. The molecule has 2 N–H and O–H groups in total. The number of rotatable bonds is 2. The van der Waals surface area contributed by atoms with E-state index in [9.17, 15) is 17.8 Å². The smallest absolute Gasteiger partial charge is 0.296 e. The Morgan fingerprint density at radius 2 is 1.94 bits per heavy atom. The topological polar surface area (TPSA) is 105 Å². The van der Waals surface area contributed by atoms with Crippen molar-refractivity contribution in [2.45, 2.75) is 43.4 Å². The normalized spacial score (nSPS) is 21.9. The fourth-order valence-electron chi connectivity index (χ4n) is 5.92. The van der Waals surface area contributed by atoms with Crippen molar-refractivity contribution in [1.29, 1.82) is 0 Å². The number of benzene rings is 2. The molecule has 0 spiro atoms. The fraction of sp³-hybridized carbons (Fsp3) is 0.280. The minimum Gasteiger partial charge on any atom is -0.355 e. The van der Waals surface area contributed by atoms with E-state index in [1.54, 1.807) is 16.8 Å². The van der Waals surface area contributed by atoms with Crippen molar-refractivity contribution >= 4 is 21.2 Å². The number of H-pyrrole nitrogens is 1. The van der Waals surface area contributed by atoms with Gasteiger partial charge in [-0.2, -0.15) is 13.4 Å². The molecule has 0 amide bonds. The fourth-order valence-corrected chi connectivity index (χ4v) is 6.94. The molecule has 3 atom stereocenters. The largest absolute Gasteiger partial charge is 0.355 e. The maximum absolute atomic E-state index is 12.5. The Morgan fingerprint density at radius 1 is 1.12 bits per heavy atom. The number of aromatic nitrogens is 3. The van der Waals surface area contributed by atoms with E-state index in [4.69, 9.17) is 0 Å². The van der Waals surface area contributed by atoms with Crippen molar-refractivity contribution in [3.05, 3.63) is 87.6 Å². The average Bonchev–Trinajstić information content (AvgIpc) is 3.29. The Bertz CT molecular complexity index is 1580. The molecule has 4 aromatic rings. The van der Waals surface area contributed by atoms with E-state index in [0.717, 1.165) is 17.5 Å². The molecule has 2 aromatic carbocycles. The quantitative estimate of drug-likeness (QED) is 0.441. The molecule has 0 bridgehead atoms. The molecule has 168 valence electrons. The second-order valence-electron chi connectivity index (χ2n) is 9.09. The molecule has 8 heteroatoms. The Morgan fingerprint density at radius 3 is 2.76 bits per heavy atom. The molecular formula is C25H23N3O4S. The van der Waals surface area contributed by atoms with Crippen molar-refractivity contribution in [3.8, 4) is 11.1 Å². The van der Waals surface area contributed by atoms with Gasteiger partial charge in [0.1, 0.15) is 10.8 Å². The first kappa shape index (κ1) is 20.4. The summed E-state index contributed by atoms with van der Waals surface area (Å²) in [6.07, 6.45) is 4.82. The van der Waals surface area contributed by atoms with E-state index in [1.165, 1.54) is 28.6 Å². The number of hydrogen-bond acceptors (Lipinski definition) is 4. The summed E-state index contributed by atoms with van der Waals surface area (Å²) in [5.74, 6) is 0.284. The van der Waals surface area contributed by atoms with E-state index >= 15 is 0 Å². The molecule has 7 nitrogen and oxygen atoms in total. The van der Waals surface area contributed by atoms with Crippen LogP contribution in [0.15, 0.2) is 59.8 Å². The maximum atomic E-state index is 12.5. The van der Waals surface area contributed by atoms with Gasteiger partial charge in [-0.1, -0.05) is 43.3 Å². The van der Waals surface area contributed by atoms with Crippen LogP contribution in [0.3, 0.4) is 0 Å². The van der Waals surface area contributed by atoms with E-state index in [1.807, 2.05) is 12.1 Å². The van der Waals surface area contributed by atoms with Gasteiger partial charge >= 0.3 is 0 Å². The van der Waals surface area contributed by atoms with Crippen LogP contribution < -0.4 is 5.56 Å². The lowest BCUT2D eigenvalue weighted by Gasteiger charge is -2.37. The number of nitrogens with zero attached hydrogens (tertiary/aromatic N) is 2. The molecule has 0 saturated heterocycles. The van der Waals surface area contributed by atoms with Gasteiger partial charge in [0.25, 0.3) is 15.7 Å². The highest BCUT2D eigenvalue weighted by molar-refractivity contribution is 7.86. The molecule has 33 heavy (non-hydrogen) atoms. The molecule has 2 aromatic heterocycles. The molecule has 2 aliphatic carbocycles. The summed E-state index contributed by atoms with van der Waals surface area (Å²) in [6, 6.07) is 13.5. The summed E-state index contributed by atoms with van der Waals surface area (Å²) in [5, 5.41) is -1.03. The van der Waals surface area contributed by atoms with Crippen molar-refractivity contribution in [2.75, 3.05) is 0 Å². The third kappa shape index (κ3) is 3.01. The third-order valence-electron chi connectivity index (χ3n) is 7.27. The lowest BCUT2D eigenvalue weighted by Crippen LogP contribution is -2.38. The summed E-state index contributed by atoms with van der Waals surface area (Å²) in [7, 11) is -4.35. The summed E-state index contributed by atoms with van der Waals surface area (Å²) in [4.78, 5) is 19.1. The Kier molecular flexibility index (Phi) is 4.41. The second-order valence-corrected chi connectivity index (χ2v) is 10.7. The molecule has 2 aliphatic rings. The van der Waals surface area contributed by atoms with Crippen LogP contribution in [0.5, 0.6) is 0 Å². The minimum absolute atomic E-state index is 0.284. The van der Waals surface area contributed by atoms with Crippen LogP contribution in [0.25, 0.3) is 22.2 Å². The zero-order valence-corrected chi connectivity index (χ0v) is 18.8. The maximum Gasteiger partial charge on any atom is 0.296 e. The lowest BCUT2D eigenvalue weighted by molar-refractivity contribution is 0.416. The van der Waals surface area contributed by atoms with Crippen molar-refractivity contribution in [2.24, 2.45) is 0 Å². The molecular weight excluding hydrogens is 438 g/mol. The Labute approximate surface area is 190 Å². The van der Waals surface area contributed by atoms with E-state index in [-0.39, 0.29) is 5.92 Å². The molecule has 3 unspecified atom stereocenters. The highest BCUT2D eigenvalue weighted by atomic mass is 32.2. The van der Waals surface area contributed by atoms with Crippen LogP contribution in [0.4, 0.5) is 0 Å². The standard InChI is InChI=1S/C25H23N3O4S/c1-14-12-15-4-2-3-5-16(15)17-6-7-19-18(22(14)17)8-9-21(33(30,31)32)24(19)28-13-27-25(29)23-20(28)10-11-26-23/h2-7,10-11,13-14,21,24,26H,8-9,12H2,1H3,(H,30,31,32). The number of nitrogens with one attached hydrogen (secondary N) is 1. The average molecular weight is 462 g/mol. The summed E-state index contributed by atoms with van der Waals surface area (Å²) >= 11 is 0. The predicted octanol–water partition coefficient (Wildman–Crippen LogP) is 3.84. The monoisotopic (exact) mass is 461 g/mol. The van der Waals surface area contributed by atoms with Gasteiger partial charge in [-0.3, -0.25) is 9.35 Å². The Balaban J connectivity index is 1.64. The predicted molar refractivity (Wildman–Crippen MR) is 126 cm³/mol. The van der Waals surface area contributed by atoms with Crippen LogP contribution in [-0.4, -0.2) is 32.8 Å². The van der Waals surface area contributed by atoms with Crippen molar-refractivity contribution in [3.63, 3.8) is 0 Å². The van der Waals surface area contributed by atoms with E-state index < -0.39 is 27.0 Å².